The van der Waals surface area contributed by atoms with E-state index in [9.17, 15) is 0 Å². The van der Waals surface area contributed by atoms with Gasteiger partial charge in [0.25, 0.3) is 0 Å². The van der Waals surface area contributed by atoms with Crippen molar-refractivity contribution in [2.24, 2.45) is 0 Å². The van der Waals surface area contributed by atoms with Crippen LogP contribution in [0.25, 0.3) is 0 Å². The summed E-state index contributed by atoms with van der Waals surface area (Å²) in [5.41, 5.74) is 1.25. The van der Waals surface area contributed by atoms with Crippen molar-refractivity contribution in [3.05, 3.63) is 30.3 Å². The van der Waals surface area contributed by atoms with E-state index in [0.29, 0.717) is 0 Å². The van der Waals surface area contributed by atoms with Gasteiger partial charge in [0.2, 0.25) is 0 Å². The Kier molecular flexibility index (Phi) is 7.05. The molecule has 0 aliphatic carbocycles. The molecule has 0 aliphatic rings. The summed E-state index contributed by atoms with van der Waals surface area (Å²) >= 11 is 0. The molecule has 1 aromatic carbocycles. The van der Waals surface area contributed by atoms with E-state index in [2.05, 4.69) is 17.0 Å². The van der Waals surface area contributed by atoms with Crippen LogP contribution in [0.5, 0.6) is 0 Å². The molecule has 1 rings (SSSR count). The number of rotatable bonds is 1. The summed E-state index contributed by atoms with van der Waals surface area (Å²) in [6.45, 7) is 0. The maximum Gasteiger partial charge on any atom is 0.0360 e. The number of benzene rings is 1. The molecule has 0 saturated carbocycles. The van der Waals surface area contributed by atoms with E-state index in [1.54, 1.807) is 0 Å². The molecule has 1 aromatic rings. The second-order valence-electron chi connectivity index (χ2n) is 2.23. The first-order chi connectivity index (χ1) is 4.30. The molecular formula is C8H14ClNO. The van der Waals surface area contributed by atoms with Gasteiger partial charge < -0.3 is 10.4 Å². The summed E-state index contributed by atoms with van der Waals surface area (Å²) in [4.78, 5) is 2.08. The molecule has 0 aromatic heterocycles. The Morgan fingerprint density at radius 1 is 1.00 bits per heavy atom. The van der Waals surface area contributed by atoms with E-state index in [1.807, 2.05) is 32.3 Å². The minimum atomic E-state index is 0. The Labute approximate surface area is 73.6 Å². The van der Waals surface area contributed by atoms with Gasteiger partial charge in [0.05, 0.1) is 0 Å². The topological polar surface area (TPSA) is 34.7 Å². The lowest BCUT2D eigenvalue weighted by Crippen LogP contribution is -2.07. The van der Waals surface area contributed by atoms with E-state index >= 15 is 0 Å². The smallest absolute Gasteiger partial charge is 0.0360 e. The van der Waals surface area contributed by atoms with Gasteiger partial charge in [-0.1, -0.05) is 18.2 Å². The molecule has 0 amide bonds. The number of hydrogen-bond acceptors (Lipinski definition) is 1. The van der Waals surface area contributed by atoms with E-state index in [4.69, 9.17) is 0 Å². The molecule has 0 bridgehead atoms. The summed E-state index contributed by atoms with van der Waals surface area (Å²) in [5.74, 6) is 0. The molecule has 0 unspecified atom stereocenters. The normalized spacial score (nSPS) is 7.45. The predicted octanol–water partition coefficient (Wildman–Crippen LogP) is 1.35. The molecule has 0 spiro atoms. The first kappa shape index (κ1) is 12.9. The quantitative estimate of drug-likeness (QED) is 0.635. The van der Waals surface area contributed by atoms with E-state index in [-0.39, 0.29) is 17.9 Å². The standard InChI is InChI=1S/C8H11N.ClH.H2O/c1-9(2)8-6-4-3-5-7-8;;/h3-7H,1-2H3;1H;1H2. The zero-order chi connectivity index (χ0) is 6.69. The Morgan fingerprint density at radius 3 is 1.73 bits per heavy atom. The van der Waals surface area contributed by atoms with Crippen LogP contribution < -0.4 is 4.90 Å². The highest BCUT2D eigenvalue weighted by molar-refractivity contribution is 5.85. The zero-order valence-corrected chi connectivity index (χ0v) is 7.56. The third kappa shape index (κ3) is 3.86. The molecule has 2 nitrogen and oxygen atoms in total. The number of para-hydroxylation sites is 1. The predicted molar refractivity (Wildman–Crippen MR) is 51.6 cm³/mol. The number of anilines is 1. The van der Waals surface area contributed by atoms with Crippen molar-refractivity contribution < 1.29 is 5.48 Å². The fraction of sp³-hybridized carbons (Fsp3) is 0.250. The lowest BCUT2D eigenvalue weighted by atomic mass is 10.3. The van der Waals surface area contributed by atoms with Crippen molar-refractivity contribution in [2.45, 2.75) is 0 Å². The summed E-state index contributed by atoms with van der Waals surface area (Å²) in [6, 6.07) is 10.3. The highest BCUT2D eigenvalue weighted by Crippen LogP contribution is 2.07. The van der Waals surface area contributed by atoms with Gasteiger partial charge in [-0.25, -0.2) is 0 Å². The first-order valence-electron chi connectivity index (χ1n) is 3.03. The summed E-state index contributed by atoms with van der Waals surface area (Å²) in [7, 11) is 4.07. The highest BCUT2D eigenvalue weighted by Gasteiger charge is 1.87. The lowest BCUT2D eigenvalue weighted by molar-refractivity contribution is 0.824. The van der Waals surface area contributed by atoms with Crippen LogP contribution in [0.4, 0.5) is 5.69 Å². The molecule has 2 N–H and O–H groups in total. The average Bonchev–Trinajstić information content (AvgIpc) is 1.90. The number of hydrogen-bond donors (Lipinski definition) is 0. The van der Waals surface area contributed by atoms with E-state index < -0.39 is 0 Å². The van der Waals surface area contributed by atoms with Gasteiger partial charge in [-0.05, 0) is 12.1 Å². The molecular weight excluding hydrogens is 162 g/mol. The molecule has 0 radical (unpaired) electrons. The van der Waals surface area contributed by atoms with Gasteiger partial charge in [0.15, 0.2) is 0 Å². The maximum absolute atomic E-state index is 2.08. The molecule has 0 heterocycles. The van der Waals surface area contributed by atoms with Crippen LogP contribution in [0.1, 0.15) is 0 Å². The summed E-state index contributed by atoms with van der Waals surface area (Å²) in [5, 5.41) is 0. The Balaban J connectivity index is 0. The largest absolute Gasteiger partial charge is 0.412 e. The van der Waals surface area contributed by atoms with Crippen molar-refractivity contribution in [3.63, 3.8) is 0 Å². The molecule has 0 fully saturated rings. The highest BCUT2D eigenvalue weighted by atomic mass is 35.5. The molecule has 11 heavy (non-hydrogen) atoms. The SMILES string of the molecule is CN(C)c1ccccc1.Cl.O. The van der Waals surface area contributed by atoms with Crippen molar-refractivity contribution in [2.75, 3.05) is 19.0 Å². The van der Waals surface area contributed by atoms with Crippen molar-refractivity contribution in [1.82, 2.24) is 0 Å². The monoisotopic (exact) mass is 175 g/mol. The Morgan fingerprint density at radius 2 is 1.45 bits per heavy atom. The van der Waals surface area contributed by atoms with Crippen LogP contribution in [0.2, 0.25) is 0 Å². The number of halogens is 1. The second-order valence-corrected chi connectivity index (χ2v) is 2.23. The fourth-order valence-corrected chi connectivity index (χ4v) is 0.726. The van der Waals surface area contributed by atoms with Crippen molar-refractivity contribution in [3.8, 4) is 0 Å². The first-order valence-corrected chi connectivity index (χ1v) is 3.03. The van der Waals surface area contributed by atoms with Gasteiger partial charge in [-0.3, -0.25) is 0 Å². The van der Waals surface area contributed by atoms with Gasteiger partial charge in [-0.2, -0.15) is 0 Å². The van der Waals surface area contributed by atoms with Gasteiger partial charge in [0, 0.05) is 19.8 Å². The number of nitrogens with zero attached hydrogens (tertiary/aromatic N) is 1. The Hall–Kier alpha value is -0.730. The average molecular weight is 176 g/mol. The van der Waals surface area contributed by atoms with E-state index in [1.165, 1.54) is 5.69 Å². The van der Waals surface area contributed by atoms with Gasteiger partial charge in [-0.15, -0.1) is 12.4 Å². The molecule has 3 heteroatoms. The fourth-order valence-electron chi connectivity index (χ4n) is 0.726. The van der Waals surface area contributed by atoms with Crippen molar-refractivity contribution >= 4 is 18.1 Å². The zero-order valence-electron chi connectivity index (χ0n) is 6.74. The van der Waals surface area contributed by atoms with Crippen LogP contribution >= 0.6 is 12.4 Å². The van der Waals surface area contributed by atoms with Crippen LogP contribution in [-0.2, 0) is 0 Å². The molecule has 0 atom stereocenters. The van der Waals surface area contributed by atoms with Crippen LogP contribution in [0, 0.1) is 0 Å². The Bertz CT molecular complexity index is 177. The molecule has 64 valence electrons. The van der Waals surface area contributed by atoms with Gasteiger partial charge >= 0.3 is 0 Å². The van der Waals surface area contributed by atoms with Gasteiger partial charge in [0.1, 0.15) is 0 Å². The molecule has 0 aliphatic heterocycles. The lowest BCUT2D eigenvalue weighted by Gasteiger charge is -2.10. The molecule has 0 saturated heterocycles. The van der Waals surface area contributed by atoms with Crippen LogP contribution in [-0.4, -0.2) is 19.6 Å². The third-order valence-electron chi connectivity index (χ3n) is 1.27. The second kappa shape index (κ2) is 6.01. The minimum absolute atomic E-state index is 0. The minimum Gasteiger partial charge on any atom is -0.412 e. The van der Waals surface area contributed by atoms with Crippen LogP contribution in [0.3, 0.4) is 0 Å². The summed E-state index contributed by atoms with van der Waals surface area (Å²) < 4.78 is 0. The van der Waals surface area contributed by atoms with E-state index in [0.717, 1.165) is 0 Å². The summed E-state index contributed by atoms with van der Waals surface area (Å²) in [6.07, 6.45) is 0. The van der Waals surface area contributed by atoms with Crippen LogP contribution in [0.15, 0.2) is 30.3 Å². The van der Waals surface area contributed by atoms with Crippen molar-refractivity contribution in [1.29, 1.82) is 0 Å². The third-order valence-corrected chi connectivity index (χ3v) is 1.27. The maximum atomic E-state index is 2.08.